The van der Waals surface area contributed by atoms with Crippen LogP contribution in [0.15, 0.2) is 29.4 Å². The van der Waals surface area contributed by atoms with E-state index < -0.39 is 0 Å². The van der Waals surface area contributed by atoms with E-state index in [2.05, 4.69) is 9.99 Å². The van der Waals surface area contributed by atoms with Crippen molar-refractivity contribution in [2.24, 2.45) is 5.16 Å². The summed E-state index contributed by atoms with van der Waals surface area (Å²) in [4.78, 5) is 15.5. The van der Waals surface area contributed by atoms with E-state index in [1.165, 1.54) is 0 Å². The lowest BCUT2D eigenvalue weighted by molar-refractivity contribution is -0.140. The summed E-state index contributed by atoms with van der Waals surface area (Å²) in [6, 6.07) is 7.48. The number of hydrogen-bond acceptors (Lipinski definition) is 4. The predicted molar refractivity (Wildman–Crippen MR) is 54.9 cm³/mol. The van der Waals surface area contributed by atoms with Crippen LogP contribution in [0.25, 0.3) is 0 Å². The van der Waals surface area contributed by atoms with Gasteiger partial charge in [0.1, 0.15) is 11.5 Å². The minimum Gasteiger partial charge on any atom is -0.493 e. The van der Waals surface area contributed by atoms with Gasteiger partial charge < -0.3 is 9.57 Å². The normalized spacial score (nSPS) is 14.7. The molecule has 1 aliphatic rings. The van der Waals surface area contributed by atoms with Crippen LogP contribution in [0.5, 0.6) is 5.75 Å². The van der Waals surface area contributed by atoms with Crippen molar-refractivity contribution in [3.05, 3.63) is 29.8 Å². The second-order valence-corrected chi connectivity index (χ2v) is 3.11. The molecule has 0 atom stereocenters. The molecule has 1 aromatic rings. The minimum absolute atomic E-state index is 0.212. The number of hydrogen-bond donors (Lipinski definition) is 0. The summed E-state index contributed by atoms with van der Waals surface area (Å²) in [5, 5.41) is 3.72. The average molecular weight is 205 g/mol. The number of oxime groups is 1. The van der Waals surface area contributed by atoms with E-state index in [0.717, 1.165) is 11.3 Å². The SMILES string of the molecule is CCOc1ccccc1C1=NOC(=O)C1. The van der Waals surface area contributed by atoms with Crippen LogP contribution in [0.4, 0.5) is 0 Å². The van der Waals surface area contributed by atoms with Gasteiger partial charge in [0.15, 0.2) is 0 Å². The van der Waals surface area contributed by atoms with Crippen LogP contribution in [0.1, 0.15) is 18.9 Å². The second-order valence-electron chi connectivity index (χ2n) is 3.11. The molecule has 0 saturated heterocycles. The lowest BCUT2D eigenvalue weighted by atomic mass is 10.1. The lowest BCUT2D eigenvalue weighted by Gasteiger charge is -2.07. The Morgan fingerprint density at radius 2 is 2.27 bits per heavy atom. The van der Waals surface area contributed by atoms with Crippen molar-refractivity contribution < 1.29 is 14.4 Å². The largest absolute Gasteiger partial charge is 0.493 e. The molecule has 4 nitrogen and oxygen atoms in total. The van der Waals surface area contributed by atoms with Crippen LogP contribution in [-0.2, 0) is 9.63 Å². The molecule has 1 heterocycles. The summed E-state index contributed by atoms with van der Waals surface area (Å²) in [5.41, 5.74) is 1.45. The van der Waals surface area contributed by atoms with Gasteiger partial charge >= 0.3 is 5.97 Å². The highest BCUT2D eigenvalue weighted by atomic mass is 16.7. The van der Waals surface area contributed by atoms with E-state index in [9.17, 15) is 4.79 Å². The Labute approximate surface area is 87.5 Å². The Bertz CT molecular complexity index is 412. The van der Waals surface area contributed by atoms with Gasteiger partial charge in [0.25, 0.3) is 0 Å². The Kier molecular flexibility index (Phi) is 2.67. The maximum atomic E-state index is 10.9. The number of para-hydroxylation sites is 1. The monoisotopic (exact) mass is 205 g/mol. The number of nitrogens with zero attached hydrogens (tertiary/aromatic N) is 1. The Morgan fingerprint density at radius 1 is 1.47 bits per heavy atom. The van der Waals surface area contributed by atoms with E-state index in [1.54, 1.807) is 0 Å². The van der Waals surface area contributed by atoms with E-state index in [0.29, 0.717) is 12.3 Å². The summed E-state index contributed by atoms with van der Waals surface area (Å²) in [5.74, 6) is 0.411. The summed E-state index contributed by atoms with van der Waals surface area (Å²) in [7, 11) is 0. The van der Waals surface area contributed by atoms with Gasteiger partial charge in [0, 0.05) is 5.56 Å². The fraction of sp³-hybridized carbons (Fsp3) is 0.273. The first-order valence-electron chi connectivity index (χ1n) is 4.80. The fourth-order valence-electron chi connectivity index (χ4n) is 1.44. The molecule has 4 heteroatoms. The molecule has 0 bridgehead atoms. The fourth-order valence-corrected chi connectivity index (χ4v) is 1.44. The van der Waals surface area contributed by atoms with E-state index in [4.69, 9.17) is 4.74 Å². The molecule has 15 heavy (non-hydrogen) atoms. The summed E-state index contributed by atoms with van der Waals surface area (Å²) in [6.07, 6.45) is 0.212. The highest BCUT2D eigenvalue weighted by Gasteiger charge is 2.21. The molecule has 0 unspecified atom stereocenters. The molecule has 0 saturated carbocycles. The van der Waals surface area contributed by atoms with Crippen molar-refractivity contribution in [3.63, 3.8) is 0 Å². The van der Waals surface area contributed by atoms with Gasteiger partial charge in [-0.05, 0) is 19.1 Å². The Balaban J connectivity index is 2.31. The van der Waals surface area contributed by atoms with E-state index >= 15 is 0 Å². The molecule has 0 amide bonds. The third-order valence-electron chi connectivity index (χ3n) is 2.07. The number of carbonyl (C=O) groups excluding carboxylic acids is 1. The maximum Gasteiger partial charge on any atom is 0.341 e. The van der Waals surface area contributed by atoms with Crippen LogP contribution in [-0.4, -0.2) is 18.3 Å². The van der Waals surface area contributed by atoms with Gasteiger partial charge in [-0.3, -0.25) is 0 Å². The lowest BCUT2D eigenvalue weighted by Crippen LogP contribution is -2.04. The smallest absolute Gasteiger partial charge is 0.341 e. The van der Waals surface area contributed by atoms with Crippen molar-refractivity contribution in [2.45, 2.75) is 13.3 Å². The first kappa shape index (κ1) is 9.71. The molecule has 0 spiro atoms. The molecule has 0 aromatic heterocycles. The van der Waals surface area contributed by atoms with Crippen LogP contribution in [0.2, 0.25) is 0 Å². The van der Waals surface area contributed by atoms with Crippen molar-refractivity contribution in [2.75, 3.05) is 6.61 Å². The molecule has 2 rings (SSSR count). The highest BCUT2D eigenvalue weighted by Crippen LogP contribution is 2.22. The molecule has 1 aliphatic heterocycles. The van der Waals surface area contributed by atoms with Crippen molar-refractivity contribution in [3.8, 4) is 5.75 Å². The minimum atomic E-state index is -0.323. The van der Waals surface area contributed by atoms with Gasteiger partial charge in [-0.2, -0.15) is 0 Å². The average Bonchev–Trinajstić information content (AvgIpc) is 2.66. The molecule has 78 valence electrons. The van der Waals surface area contributed by atoms with Crippen molar-refractivity contribution in [1.29, 1.82) is 0 Å². The standard InChI is InChI=1S/C11H11NO3/c1-2-14-10-6-4-3-5-8(10)9-7-11(13)15-12-9/h3-6H,2,7H2,1H3. The Morgan fingerprint density at radius 3 is 2.93 bits per heavy atom. The Hall–Kier alpha value is -1.84. The van der Waals surface area contributed by atoms with Gasteiger partial charge in [0.05, 0.1) is 13.0 Å². The highest BCUT2D eigenvalue weighted by molar-refractivity contribution is 6.12. The predicted octanol–water partition coefficient (Wildman–Crippen LogP) is 1.74. The van der Waals surface area contributed by atoms with Gasteiger partial charge in [-0.25, -0.2) is 4.79 Å². The molecular weight excluding hydrogens is 194 g/mol. The first-order valence-corrected chi connectivity index (χ1v) is 4.80. The molecule has 0 N–H and O–H groups in total. The van der Waals surface area contributed by atoms with Gasteiger partial charge in [-0.15, -0.1) is 0 Å². The number of rotatable bonds is 3. The molecule has 0 aliphatic carbocycles. The van der Waals surface area contributed by atoms with Crippen LogP contribution in [0, 0.1) is 0 Å². The topological polar surface area (TPSA) is 47.9 Å². The second kappa shape index (κ2) is 4.13. The van der Waals surface area contributed by atoms with E-state index in [-0.39, 0.29) is 12.4 Å². The third-order valence-corrected chi connectivity index (χ3v) is 2.07. The number of benzene rings is 1. The zero-order valence-electron chi connectivity index (χ0n) is 8.40. The zero-order valence-corrected chi connectivity index (χ0v) is 8.40. The number of carbonyl (C=O) groups is 1. The third kappa shape index (κ3) is 1.98. The summed E-state index contributed by atoms with van der Waals surface area (Å²) >= 11 is 0. The van der Waals surface area contributed by atoms with Crippen LogP contribution in [0.3, 0.4) is 0 Å². The molecule has 1 aromatic carbocycles. The summed E-state index contributed by atoms with van der Waals surface area (Å²) < 4.78 is 5.44. The van der Waals surface area contributed by atoms with Crippen LogP contribution >= 0.6 is 0 Å². The molecular formula is C11H11NO3. The van der Waals surface area contributed by atoms with Crippen molar-refractivity contribution >= 4 is 11.7 Å². The van der Waals surface area contributed by atoms with E-state index in [1.807, 2.05) is 31.2 Å². The zero-order chi connectivity index (χ0) is 10.7. The molecule has 0 fully saturated rings. The van der Waals surface area contributed by atoms with Crippen molar-refractivity contribution in [1.82, 2.24) is 0 Å². The first-order chi connectivity index (χ1) is 7.31. The quantitative estimate of drug-likeness (QED) is 0.706. The number of ether oxygens (including phenoxy) is 1. The van der Waals surface area contributed by atoms with Gasteiger partial charge in [-0.1, -0.05) is 17.3 Å². The molecule has 0 radical (unpaired) electrons. The van der Waals surface area contributed by atoms with Crippen LogP contribution < -0.4 is 4.74 Å². The summed E-state index contributed by atoms with van der Waals surface area (Å²) in [6.45, 7) is 2.49. The van der Waals surface area contributed by atoms with Gasteiger partial charge in [0.2, 0.25) is 0 Å². The maximum absolute atomic E-state index is 10.9.